The molecule has 1 fully saturated rings. The van der Waals surface area contributed by atoms with Gasteiger partial charge < -0.3 is 21.1 Å². The van der Waals surface area contributed by atoms with Crippen LogP contribution in [0.25, 0.3) is 0 Å². The van der Waals surface area contributed by atoms with Crippen molar-refractivity contribution >= 4 is 28.1 Å². The molecular formula is C32H50F2N4O4S. The second-order valence-electron chi connectivity index (χ2n) is 12.6. The molecule has 3 rings (SSSR count). The van der Waals surface area contributed by atoms with E-state index in [0.717, 1.165) is 37.8 Å². The predicted molar refractivity (Wildman–Crippen MR) is 173 cm³/mol. The third kappa shape index (κ3) is 10.6. The monoisotopic (exact) mass is 624 g/mol. The van der Waals surface area contributed by atoms with Crippen LogP contribution in [0.15, 0.2) is 36.4 Å². The third-order valence-corrected chi connectivity index (χ3v) is 9.76. The quantitative estimate of drug-likeness (QED) is 0.133. The summed E-state index contributed by atoms with van der Waals surface area (Å²) in [6.45, 7) is 11.7. The molecule has 8 nitrogen and oxygen atoms in total. The van der Waals surface area contributed by atoms with Crippen molar-refractivity contribution in [3.05, 3.63) is 59.2 Å². The molecule has 1 aliphatic heterocycles. The first-order chi connectivity index (χ1) is 20.2. The molecule has 2 atom stereocenters. The van der Waals surface area contributed by atoms with E-state index >= 15 is 0 Å². The smallest absolute Gasteiger partial charge is 0.251 e. The van der Waals surface area contributed by atoms with Gasteiger partial charge in [-0.1, -0.05) is 32.8 Å². The van der Waals surface area contributed by atoms with E-state index in [4.69, 9.17) is 0 Å². The van der Waals surface area contributed by atoms with Crippen molar-refractivity contribution in [3.8, 4) is 0 Å². The van der Waals surface area contributed by atoms with E-state index in [1.165, 1.54) is 6.07 Å². The van der Waals surface area contributed by atoms with Gasteiger partial charge in [-0.3, -0.25) is 18.2 Å². The lowest BCUT2D eigenvalue weighted by atomic mass is 9.93. The largest absolute Gasteiger partial charge is 0.390 e. The first-order valence-electron chi connectivity index (χ1n) is 15.3. The van der Waals surface area contributed by atoms with Crippen molar-refractivity contribution in [2.75, 3.05) is 35.0 Å². The molecule has 0 spiro atoms. The van der Waals surface area contributed by atoms with Gasteiger partial charge in [0.1, 0.15) is 0 Å². The summed E-state index contributed by atoms with van der Waals surface area (Å²) < 4.78 is 50.7. The predicted octanol–water partition coefficient (Wildman–Crippen LogP) is 6.56. The van der Waals surface area contributed by atoms with Crippen LogP contribution in [0.2, 0.25) is 0 Å². The van der Waals surface area contributed by atoms with Crippen LogP contribution in [0.5, 0.6) is 0 Å². The highest BCUT2D eigenvalue weighted by Crippen LogP contribution is 2.50. The van der Waals surface area contributed by atoms with Crippen molar-refractivity contribution in [2.45, 2.75) is 90.8 Å². The van der Waals surface area contributed by atoms with Gasteiger partial charge in [0.25, 0.3) is 5.91 Å². The average molecular weight is 625 g/mol. The van der Waals surface area contributed by atoms with Crippen LogP contribution in [-0.4, -0.2) is 63.2 Å². The number of β-amino-alcohol motifs (C(OH)–C–C–N with tert-alkyl or cyclic N) is 1. The van der Waals surface area contributed by atoms with Crippen LogP contribution in [0.1, 0.15) is 82.6 Å². The molecule has 11 heteroatoms. The Balaban J connectivity index is 1.85. The average Bonchev–Trinajstić information content (AvgIpc) is 2.92. The minimum absolute atomic E-state index is 0.0754. The van der Waals surface area contributed by atoms with Gasteiger partial charge in [0.2, 0.25) is 0 Å². The second-order valence-corrected chi connectivity index (χ2v) is 14.7. The van der Waals surface area contributed by atoms with Crippen molar-refractivity contribution in [1.82, 2.24) is 10.6 Å². The zero-order chi connectivity index (χ0) is 31.8. The molecule has 0 aliphatic carbocycles. The first kappa shape index (κ1) is 35.0. The lowest BCUT2D eigenvalue weighted by Crippen LogP contribution is -2.52. The van der Waals surface area contributed by atoms with E-state index in [-0.39, 0.29) is 29.8 Å². The maximum absolute atomic E-state index is 14.1. The van der Waals surface area contributed by atoms with Crippen LogP contribution in [0.4, 0.5) is 20.2 Å². The van der Waals surface area contributed by atoms with Gasteiger partial charge in [-0.05, 0) is 88.3 Å². The molecule has 0 radical (unpaired) electrons. The van der Waals surface area contributed by atoms with Gasteiger partial charge in [-0.25, -0.2) is 8.78 Å². The number of benzene rings is 2. The molecule has 0 aromatic heterocycles. The highest BCUT2D eigenvalue weighted by molar-refractivity contribution is 8.25. The Morgan fingerprint density at radius 1 is 1.09 bits per heavy atom. The maximum Gasteiger partial charge on any atom is 0.251 e. The zero-order valence-corrected chi connectivity index (χ0v) is 26.9. The number of amides is 1. The summed E-state index contributed by atoms with van der Waals surface area (Å²) in [7, 11) is -3.01. The van der Waals surface area contributed by atoms with Crippen molar-refractivity contribution < 1.29 is 27.8 Å². The van der Waals surface area contributed by atoms with E-state index in [9.17, 15) is 27.8 Å². The summed E-state index contributed by atoms with van der Waals surface area (Å²) >= 11 is 0. The number of rotatable bonds is 15. The fourth-order valence-corrected chi connectivity index (χ4v) is 6.99. The minimum atomic E-state index is -3.01. The van der Waals surface area contributed by atoms with E-state index in [2.05, 4.69) is 43.6 Å². The molecule has 2 aromatic rings. The molecule has 1 aliphatic rings. The number of nitrogens with one attached hydrogen (secondary N) is 3. The highest BCUT2D eigenvalue weighted by atomic mass is 32.3. The summed E-state index contributed by atoms with van der Waals surface area (Å²) in [6.07, 6.45) is 3.60. The molecule has 1 heterocycles. The number of carbonyl (C=O) groups is 1. The number of nitrogens with zero attached hydrogens (tertiary/aromatic N) is 1. The fraction of sp³-hybridized carbons (Fsp3) is 0.594. The van der Waals surface area contributed by atoms with E-state index in [1.807, 2.05) is 6.92 Å². The summed E-state index contributed by atoms with van der Waals surface area (Å²) in [6, 6.07) is 7.82. The van der Waals surface area contributed by atoms with E-state index < -0.39 is 40.5 Å². The van der Waals surface area contributed by atoms with Gasteiger partial charge in [0.15, 0.2) is 11.6 Å². The van der Waals surface area contributed by atoms with Crippen LogP contribution >= 0.6 is 10.8 Å². The molecule has 43 heavy (non-hydrogen) atoms. The molecule has 0 unspecified atom stereocenters. The van der Waals surface area contributed by atoms with Gasteiger partial charge >= 0.3 is 0 Å². The van der Waals surface area contributed by atoms with E-state index in [0.29, 0.717) is 42.4 Å². The fourth-order valence-electron chi connectivity index (χ4n) is 5.32. The zero-order valence-electron chi connectivity index (χ0n) is 26.1. The van der Waals surface area contributed by atoms with Crippen molar-refractivity contribution in [1.29, 1.82) is 0 Å². The number of hydrogen-bond acceptors (Lipinski definition) is 7. The number of carbonyl (C=O) groups excluding carboxylic acids is 1. The number of aliphatic hydroxyl groups excluding tert-OH is 1. The number of anilines is 2. The Hall–Kier alpha value is -2.44. The normalized spacial score (nSPS) is 17.4. The van der Waals surface area contributed by atoms with Crippen LogP contribution in [-0.2, 0) is 6.42 Å². The summed E-state index contributed by atoms with van der Waals surface area (Å²) in [5, 5.41) is 20.8. The lowest BCUT2D eigenvalue weighted by Gasteiger charge is -2.47. The summed E-state index contributed by atoms with van der Waals surface area (Å²) in [4.78, 5) is 13.7. The molecular weight excluding hydrogens is 574 g/mol. The Kier molecular flexibility index (Phi) is 12.6. The number of hydrogen-bond donors (Lipinski definition) is 6. The second kappa shape index (κ2) is 15.5. The molecule has 242 valence electrons. The van der Waals surface area contributed by atoms with Crippen LogP contribution in [0.3, 0.4) is 0 Å². The molecule has 2 aromatic carbocycles. The van der Waals surface area contributed by atoms with Crippen LogP contribution < -0.4 is 20.3 Å². The number of halogens is 2. The minimum Gasteiger partial charge on any atom is -0.390 e. The molecule has 1 saturated heterocycles. The Labute approximate surface area is 257 Å². The van der Waals surface area contributed by atoms with Gasteiger partial charge in [-0.2, -0.15) is 0 Å². The van der Waals surface area contributed by atoms with Gasteiger partial charge in [-0.15, -0.1) is 10.8 Å². The van der Waals surface area contributed by atoms with Crippen LogP contribution in [0, 0.1) is 17.6 Å². The summed E-state index contributed by atoms with van der Waals surface area (Å²) in [5.74, 6) is -1.57. The Morgan fingerprint density at radius 3 is 2.49 bits per heavy atom. The van der Waals surface area contributed by atoms with Crippen molar-refractivity contribution in [3.63, 3.8) is 0 Å². The Morgan fingerprint density at radius 2 is 1.84 bits per heavy atom. The topological polar surface area (TPSA) is 117 Å². The molecule has 0 saturated carbocycles. The van der Waals surface area contributed by atoms with E-state index in [1.54, 1.807) is 22.5 Å². The highest BCUT2D eigenvalue weighted by Gasteiger charge is 2.29. The molecule has 6 N–H and O–H groups in total. The van der Waals surface area contributed by atoms with Crippen molar-refractivity contribution in [2.24, 2.45) is 5.92 Å². The van der Waals surface area contributed by atoms with Gasteiger partial charge in [0.05, 0.1) is 23.6 Å². The Bertz CT molecular complexity index is 1210. The standard InChI is InChI=1S/C32H50F2N4O4S/c1-6-35-25-18-24(19-26(20-25)38-14-7-8-15-43(38,41)42)31(40)37-29(17-23-11-12-27(33)28(34)16-23)30(39)21-36-32(4,5)13-9-10-22(2)3/h11-12,16,18-20,22,29-30,35-36,39,41-42H,6-10,13-15,17,21H2,1-5H3,(H,37,40)/t29-,30+/m0/s1. The summed E-state index contributed by atoms with van der Waals surface area (Å²) in [5.41, 5.74) is 1.63. The first-order valence-corrected chi connectivity index (χ1v) is 17.0. The SMILES string of the molecule is CCNc1cc(C(=O)N[C@@H](Cc2ccc(F)c(F)c2)[C@H](O)CNC(C)(C)CCCC(C)C)cc(N2CCCCS2(O)O)c1. The molecule has 1 amide bonds. The maximum atomic E-state index is 14.1. The lowest BCUT2D eigenvalue weighted by molar-refractivity contribution is 0.0811. The third-order valence-electron chi connectivity index (χ3n) is 7.82. The molecule has 0 bridgehead atoms. The number of aliphatic hydroxyl groups is 1. The van der Waals surface area contributed by atoms with Gasteiger partial charge in [0, 0.05) is 36.4 Å².